The summed E-state index contributed by atoms with van der Waals surface area (Å²) in [4.78, 5) is 14.6. The molecule has 1 fully saturated rings. The summed E-state index contributed by atoms with van der Waals surface area (Å²) in [5.41, 5.74) is 0.345. The van der Waals surface area contributed by atoms with Gasteiger partial charge in [0.25, 0.3) is 0 Å². The fraction of sp³-hybridized carbons (Fsp3) is 0.667. The molecule has 1 unspecified atom stereocenters. The van der Waals surface area contributed by atoms with Crippen LogP contribution in [0.25, 0.3) is 0 Å². The van der Waals surface area contributed by atoms with Crippen LogP contribution in [-0.4, -0.2) is 56.5 Å². The monoisotopic (exact) mass is 442 g/mol. The van der Waals surface area contributed by atoms with Gasteiger partial charge in [-0.25, -0.2) is 4.79 Å². The van der Waals surface area contributed by atoms with Gasteiger partial charge in [-0.3, -0.25) is 0 Å². The third kappa shape index (κ3) is 7.05. The van der Waals surface area contributed by atoms with Crippen LogP contribution in [0.1, 0.15) is 53.0 Å². The smallest absolute Gasteiger partial charge is 0.318 e. The van der Waals surface area contributed by atoms with Crippen LogP contribution in [0.3, 0.4) is 0 Å². The molecule has 2 amide bonds. The second-order valence-corrected chi connectivity index (χ2v) is 10.9. The van der Waals surface area contributed by atoms with Crippen LogP contribution in [0.5, 0.6) is 11.5 Å². The molecule has 1 atom stereocenters. The van der Waals surface area contributed by atoms with Crippen LogP contribution >= 0.6 is 0 Å². The van der Waals surface area contributed by atoms with E-state index in [0.29, 0.717) is 18.9 Å². The minimum absolute atomic E-state index is 0.00833. The Kier molecular flexibility index (Phi) is 7.99. The van der Waals surface area contributed by atoms with Gasteiger partial charge >= 0.3 is 16.1 Å². The zero-order chi connectivity index (χ0) is 22.5. The lowest BCUT2D eigenvalue weighted by molar-refractivity contribution is 0.0782. The summed E-state index contributed by atoms with van der Waals surface area (Å²) >= 11 is 0. The Morgan fingerprint density at radius 2 is 2.00 bits per heavy atom. The SMILES string of the molecule is COc1ccc(CN(CC2CCCO2)C(=O)NC(C)(C)C)cc1OS(=O)(=O)C(C)C. The van der Waals surface area contributed by atoms with Gasteiger partial charge in [0, 0.05) is 25.2 Å². The van der Waals surface area contributed by atoms with E-state index in [1.807, 2.05) is 20.8 Å². The molecule has 1 N–H and O–H groups in total. The molecule has 0 aromatic heterocycles. The van der Waals surface area contributed by atoms with Crippen molar-refractivity contribution in [2.45, 2.75) is 70.9 Å². The number of methoxy groups -OCH3 is 1. The van der Waals surface area contributed by atoms with Gasteiger partial charge in [-0.15, -0.1) is 0 Å². The molecule has 9 heteroatoms. The van der Waals surface area contributed by atoms with E-state index in [1.54, 1.807) is 36.9 Å². The van der Waals surface area contributed by atoms with Crippen LogP contribution in [-0.2, 0) is 21.4 Å². The van der Waals surface area contributed by atoms with Crippen molar-refractivity contribution in [3.8, 4) is 11.5 Å². The normalized spacial score (nSPS) is 17.1. The van der Waals surface area contributed by atoms with E-state index in [9.17, 15) is 13.2 Å². The van der Waals surface area contributed by atoms with Crippen molar-refractivity contribution >= 4 is 16.1 Å². The van der Waals surface area contributed by atoms with Gasteiger partial charge in [0.05, 0.1) is 18.5 Å². The Morgan fingerprint density at radius 1 is 1.30 bits per heavy atom. The van der Waals surface area contributed by atoms with Crippen LogP contribution in [0.4, 0.5) is 4.79 Å². The molecule has 1 aliphatic heterocycles. The highest BCUT2D eigenvalue weighted by molar-refractivity contribution is 7.87. The molecule has 0 aliphatic carbocycles. The summed E-state index contributed by atoms with van der Waals surface area (Å²) in [6.45, 7) is 10.3. The molecule has 1 saturated heterocycles. The number of carbonyl (C=O) groups excluding carboxylic acids is 1. The molecule has 170 valence electrons. The molecule has 30 heavy (non-hydrogen) atoms. The van der Waals surface area contributed by atoms with Gasteiger partial charge in [-0.2, -0.15) is 8.42 Å². The minimum Gasteiger partial charge on any atom is -0.493 e. The van der Waals surface area contributed by atoms with Gasteiger partial charge in [0.2, 0.25) is 0 Å². The molecule has 0 saturated carbocycles. The number of benzene rings is 1. The van der Waals surface area contributed by atoms with Gasteiger partial charge in [-0.1, -0.05) is 6.07 Å². The number of hydrogen-bond acceptors (Lipinski definition) is 6. The highest BCUT2D eigenvalue weighted by atomic mass is 32.2. The highest BCUT2D eigenvalue weighted by Crippen LogP contribution is 2.31. The lowest BCUT2D eigenvalue weighted by Gasteiger charge is -2.30. The fourth-order valence-electron chi connectivity index (χ4n) is 2.98. The summed E-state index contributed by atoms with van der Waals surface area (Å²) < 4.78 is 40.7. The highest BCUT2D eigenvalue weighted by Gasteiger charge is 2.26. The Hall–Kier alpha value is -2.00. The number of hydrogen-bond donors (Lipinski definition) is 1. The summed E-state index contributed by atoms with van der Waals surface area (Å²) in [7, 11) is -2.33. The molecular weight excluding hydrogens is 408 g/mol. The van der Waals surface area contributed by atoms with Crippen molar-refractivity contribution in [3.63, 3.8) is 0 Å². The number of ether oxygens (including phenoxy) is 2. The lowest BCUT2D eigenvalue weighted by Crippen LogP contribution is -2.50. The molecule has 1 aliphatic rings. The van der Waals surface area contributed by atoms with Crippen LogP contribution in [0.2, 0.25) is 0 Å². The quantitative estimate of drug-likeness (QED) is 0.621. The molecule has 8 nitrogen and oxygen atoms in total. The minimum atomic E-state index is -3.78. The van der Waals surface area contributed by atoms with E-state index >= 15 is 0 Å². The van der Waals surface area contributed by atoms with Gasteiger partial charge in [-0.05, 0) is 65.2 Å². The van der Waals surface area contributed by atoms with Gasteiger partial charge < -0.3 is 23.9 Å². The number of urea groups is 1. The Balaban J connectivity index is 2.26. The predicted octanol–water partition coefficient (Wildman–Crippen LogP) is 3.30. The summed E-state index contributed by atoms with van der Waals surface area (Å²) in [5, 5.41) is 2.29. The zero-order valence-corrected chi connectivity index (χ0v) is 19.5. The summed E-state index contributed by atoms with van der Waals surface area (Å²) in [6, 6.07) is 4.84. The first kappa shape index (κ1) is 24.3. The third-order valence-corrected chi connectivity index (χ3v) is 6.17. The summed E-state index contributed by atoms with van der Waals surface area (Å²) in [6.07, 6.45) is 1.88. The average molecular weight is 443 g/mol. The maximum absolute atomic E-state index is 12.9. The largest absolute Gasteiger partial charge is 0.493 e. The molecule has 1 aromatic carbocycles. The van der Waals surface area contributed by atoms with Crippen LogP contribution in [0, 0.1) is 0 Å². The van der Waals surface area contributed by atoms with E-state index in [0.717, 1.165) is 18.4 Å². The molecule has 0 bridgehead atoms. The predicted molar refractivity (Wildman–Crippen MR) is 115 cm³/mol. The van der Waals surface area contributed by atoms with Gasteiger partial charge in [0.1, 0.15) is 0 Å². The third-order valence-electron chi connectivity index (χ3n) is 4.60. The van der Waals surface area contributed by atoms with Crippen molar-refractivity contribution in [2.24, 2.45) is 0 Å². The Morgan fingerprint density at radius 3 is 2.53 bits per heavy atom. The zero-order valence-electron chi connectivity index (χ0n) is 18.7. The van der Waals surface area contributed by atoms with Crippen molar-refractivity contribution < 1.29 is 26.9 Å². The van der Waals surface area contributed by atoms with E-state index in [1.165, 1.54) is 7.11 Å². The molecule has 2 rings (SSSR count). The van der Waals surface area contributed by atoms with Crippen molar-refractivity contribution in [1.82, 2.24) is 10.2 Å². The standard InChI is InChI=1S/C21H34N2O6S/c1-15(2)30(25,26)29-19-12-16(9-10-18(19)27-6)13-23(14-17-8-7-11-28-17)20(24)22-21(3,4)5/h9-10,12,15,17H,7-8,11,13-14H2,1-6H3,(H,22,24). The topological polar surface area (TPSA) is 94.2 Å². The molecule has 1 aromatic rings. The number of amides is 2. The second kappa shape index (κ2) is 9.87. The second-order valence-electron chi connectivity index (χ2n) is 8.81. The molecule has 0 spiro atoms. The number of rotatable bonds is 8. The van der Waals surface area contributed by atoms with Crippen molar-refractivity contribution in [2.75, 3.05) is 20.3 Å². The van der Waals surface area contributed by atoms with E-state index in [2.05, 4.69) is 5.32 Å². The maximum atomic E-state index is 12.9. The van der Waals surface area contributed by atoms with Crippen molar-refractivity contribution in [1.29, 1.82) is 0 Å². The number of nitrogens with zero attached hydrogens (tertiary/aromatic N) is 1. The first-order valence-electron chi connectivity index (χ1n) is 10.2. The average Bonchev–Trinajstić information content (AvgIpc) is 3.12. The van der Waals surface area contributed by atoms with Crippen LogP contribution in [0.15, 0.2) is 18.2 Å². The number of nitrogens with one attached hydrogen (secondary N) is 1. The molecular formula is C21H34N2O6S. The Bertz CT molecular complexity index is 826. The lowest BCUT2D eigenvalue weighted by atomic mass is 10.1. The van der Waals surface area contributed by atoms with Crippen LogP contribution < -0.4 is 14.2 Å². The number of carbonyl (C=O) groups is 1. The van der Waals surface area contributed by atoms with E-state index in [4.69, 9.17) is 13.7 Å². The molecule has 0 radical (unpaired) electrons. The van der Waals surface area contributed by atoms with E-state index < -0.39 is 15.4 Å². The van der Waals surface area contributed by atoms with Crippen molar-refractivity contribution in [3.05, 3.63) is 23.8 Å². The van der Waals surface area contributed by atoms with E-state index in [-0.39, 0.29) is 30.0 Å². The first-order chi connectivity index (χ1) is 13.9. The van der Waals surface area contributed by atoms with Gasteiger partial charge in [0.15, 0.2) is 11.5 Å². The maximum Gasteiger partial charge on any atom is 0.318 e. The first-order valence-corrected chi connectivity index (χ1v) is 11.7. The summed E-state index contributed by atoms with van der Waals surface area (Å²) in [5.74, 6) is 0.421. The Labute approximate surface area is 180 Å². The fourth-order valence-corrected chi connectivity index (χ4v) is 3.55. The molecule has 1 heterocycles.